The number of fused-ring (bicyclic) bond motifs is 1. The standard InChI is InChI=1S/C32H12BF24.C20H18NO/c34-25(35,36)13-1-14(26(37,38)39)6-21(5-13)33(22-7-15(27(40,41)42)2-16(8-22)28(43,44)45,23-9-17(29(46,47)48)3-18(10-23)30(49,50)51)24-11-19(31(52,53)54)4-20(12-24)32(55,56)57;1-2-8-19-18-12-7-6-9-16(18)13-14-21(19)15-20(22)17-10-4-3-5-11-17/h1-12H;2-7,9-14H,1,8,15H2/q-1;+1. The molecule has 0 aliphatic rings. The predicted molar refractivity (Wildman–Crippen MR) is 239 cm³/mol. The maximum atomic E-state index is 14.2. The van der Waals surface area contributed by atoms with Gasteiger partial charge in [-0.05, 0) is 35.7 Å². The summed E-state index contributed by atoms with van der Waals surface area (Å²) in [5, 5.41) is 2.36. The molecule has 0 aliphatic heterocycles. The van der Waals surface area contributed by atoms with E-state index in [1.807, 2.05) is 59.3 Å². The Morgan fingerprint density at radius 1 is 0.392 bits per heavy atom. The van der Waals surface area contributed by atoms with E-state index < -0.39 is 195 Å². The Kier molecular flexibility index (Phi) is 16.4. The number of Topliss-reactive ketones (excluding diaryl/α,β-unsaturated/α-hetero) is 1. The van der Waals surface area contributed by atoms with Crippen LogP contribution in [0.4, 0.5) is 105 Å². The molecule has 6 aromatic carbocycles. The largest absolute Gasteiger partial charge is 0.416 e. The van der Waals surface area contributed by atoms with Gasteiger partial charge in [0.25, 0.3) is 0 Å². The van der Waals surface area contributed by atoms with Crippen LogP contribution in [0.3, 0.4) is 0 Å². The summed E-state index contributed by atoms with van der Waals surface area (Å²) < 4.78 is 343. The summed E-state index contributed by atoms with van der Waals surface area (Å²) in [5.41, 5.74) is -28.3. The molecule has 0 atom stereocenters. The number of alkyl halides is 24. The highest BCUT2D eigenvalue weighted by molar-refractivity contribution is 7.20. The summed E-state index contributed by atoms with van der Waals surface area (Å²) in [7, 11) is 0. The van der Waals surface area contributed by atoms with Crippen molar-refractivity contribution in [1.29, 1.82) is 0 Å². The molecule has 0 spiro atoms. The zero-order chi connectivity index (χ0) is 59.3. The quantitative estimate of drug-likeness (QED) is 0.0464. The molecule has 7 rings (SSSR count). The average Bonchev–Trinajstić information content (AvgIpc) is 3.47. The van der Waals surface area contributed by atoms with Crippen molar-refractivity contribution in [2.75, 3.05) is 0 Å². The van der Waals surface area contributed by atoms with Crippen molar-refractivity contribution in [3.8, 4) is 0 Å². The minimum atomic E-state index is -6.13. The second kappa shape index (κ2) is 21.3. The van der Waals surface area contributed by atoms with Gasteiger partial charge in [-0.2, -0.15) is 132 Å². The Bertz CT molecular complexity index is 2940. The van der Waals surface area contributed by atoms with E-state index in [0.717, 1.165) is 17.7 Å². The summed E-state index contributed by atoms with van der Waals surface area (Å²) in [6.45, 7) is 4.19. The van der Waals surface area contributed by atoms with E-state index in [0.29, 0.717) is 6.54 Å². The molecule has 420 valence electrons. The number of hydrogen-bond donors (Lipinski definition) is 0. The SMILES string of the molecule is C=CCc1c2ccccc2cc[n+]1CC(=O)c1ccccc1.FC(F)(F)c1cc([B-](c2cc(C(F)(F)F)cc(C(F)(F)F)c2)(c2cc(C(F)(F)F)cc(C(F)(F)F)c2)c2cc(C(F)(F)F)cc(C(F)(F)F)c2)cc(C(F)(F)F)c1. The molecule has 0 saturated heterocycles. The zero-order valence-electron chi connectivity index (χ0n) is 39.0. The molecule has 1 aromatic heterocycles. The van der Waals surface area contributed by atoms with E-state index in [-0.39, 0.29) is 5.78 Å². The zero-order valence-corrected chi connectivity index (χ0v) is 39.0. The van der Waals surface area contributed by atoms with E-state index in [2.05, 4.69) is 24.8 Å². The predicted octanol–water partition coefficient (Wildman–Crippen LogP) is 15.0. The molecular formula is C52H30BF24NO. The van der Waals surface area contributed by atoms with E-state index >= 15 is 0 Å². The van der Waals surface area contributed by atoms with Crippen LogP contribution in [0.5, 0.6) is 0 Å². The van der Waals surface area contributed by atoms with Gasteiger partial charge in [0, 0.05) is 17.0 Å². The molecule has 79 heavy (non-hydrogen) atoms. The molecule has 0 N–H and O–H groups in total. The first-order valence-electron chi connectivity index (χ1n) is 22.0. The van der Waals surface area contributed by atoms with Crippen LogP contribution in [-0.2, 0) is 62.4 Å². The second-order valence-corrected chi connectivity index (χ2v) is 17.5. The fourth-order valence-corrected chi connectivity index (χ4v) is 8.77. The molecule has 2 nitrogen and oxygen atoms in total. The third-order valence-electron chi connectivity index (χ3n) is 12.2. The van der Waals surface area contributed by atoms with Gasteiger partial charge in [0.2, 0.25) is 12.3 Å². The molecule has 0 saturated carbocycles. The van der Waals surface area contributed by atoms with Gasteiger partial charge in [-0.15, -0.1) is 6.58 Å². The number of halogens is 24. The van der Waals surface area contributed by atoms with E-state index in [4.69, 9.17) is 0 Å². The van der Waals surface area contributed by atoms with Gasteiger partial charge in [-0.3, -0.25) is 4.79 Å². The Morgan fingerprint density at radius 2 is 0.671 bits per heavy atom. The number of pyridine rings is 1. The number of benzene rings is 6. The lowest BCUT2D eigenvalue weighted by Crippen LogP contribution is -2.75. The summed E-state index contributed by atoms with van der Waals surface area (Å²) in [4.78, 5) is 12.5. The van der Waals surface area contributed by atoms with Crippen LogP contribution in [0, 0.1) is 0 Å². The fourth-order valence-electron chi connectivity index (χ4n) is 8.77. The molecular weight excluding hydrogens is 1120 g/mol. The van der Waals surface area contributed by atoms with Crippen LogP contribution in [0.15, 0.2) is 152 Å². The summed E-state index contributed by atoms with van der Waals surface area (Å²) in [5.74, 6) is 0.117. The number of aromatic nitrogens is 1. The summed E-state index contributed by atoms with van der Waals surface area (Å²) in [6, 6.07) is 10.9. The van der Waals surface area contributed by atoms with E-state index in [9.17, 15) is 110 Å². The minimum Gasteiger partial charge on any atom is -0.287 e. The first-order valence-corrected chi connectivity index (χ1v) is 22.0. The monoisotopic (exact) mass is 1150 g/mol. The van der Waals surface area contributed by atoms with Gasteiger partial charge < -0.3 is 0 Å². The van der Waals surface area contributed by atoms with Gasteiger partial charge >= 0.3 is 49.4 Å². The van der Waals surface area contributed by atoms with Crippen molar-refractivity contribution in [1.82, 2.24) is 0 Å². The Hall–Kier alpha value is -7.48. The highest BCUT2D eigenvalue weighted by atomic mass is 19.4. The number of hydrogen-bond acceptors (Lipinski definition) is 1. The van der Waals surface area contributed by atoms with Crippen LogP contribution >= 0.6 is 0 Å². The van der Waals surface area contributed by atoms with Crippen molar-refractivity contribution in [2.45, 2.75) is 62.4 Å². The van der Waals surface area contributed by atoms with Crippen molar-refractivity contribution in [3.63, 3.8) is 0 Å². The van der Waals surface area contributed by atoms with E-state index in [1.54, 1.807) is 0 Å². The maximum Gasteiger partial charge on any atom is 0.416 e. The smallest absolute Gasteiger partial charge is 0.287 e. The first kappa shape index (κ1) is 60.7. The maximum absolute atomic E-state index is 14.2. The number of nitrogens with zero attached hydrogens (tertiary/aromatic N) is 1. The van der Waals surface area contributed by atoms with Crippen molar-refractivity contribution < 1.29 is 115 Å². The van der Waals surface area contributed by atoms with Crippen molar-refractivity contribution >= 4 is 44.6 Å². The number of rotatable bonds is 9. The van der Waals surface area contributed by atoms with Crippen molar-refractivity contribution in [3.05, 3.63) is 208 Å². The van der Waals surface area contributed by atoms with Gasteiger partial charge in [-0.25, -0.2) is 0 Å². The third kappa shape index (κ3) is 13.7. The Labute approximate surface area is 429 Å². The number of carbonyl (C=O) groups is 1. The molecule has 27 heteroatoms. The topological polar surface area (TPSA) is 20.9 Å². The van der Waals surface area contributed by atoms with Crippen LogP contribution in [0.1, 0.15) is 60.6 Å². The Morgan fingerprint density at radius 3 is 0.949 bits per heavy atom. The highest BCUT2D eigenvalue weighted by Crippen LogP contribution is 2.41. The van der Waals surface area contributed by atoms with E-state index in [1.165, 1.54) is 10.8 Å². The third-order valence-corrected chi connectivity index (χ3v) is 12.2. The van der Waals surface area contributed by atoms with Crippen LogP contribution < -0.4 is 26.4 Å². The summed E-state index contributed by atoms with van der Waals surface area (Å²) in [6.07, 6.45) is -50.2. The number of allylic oxidation sites excluding steroid dienone is 1. The van der Waals surface area contributed by atoms with Gasteiger partial charge in [0.1, 0.15) is 6.15 Å². The normalized spacial score (nSPS) is 13.3. The van der Waals surface area contributed by atoms with Gasteiger partial charge in [-0.1, -0.05) is 103 Å². The lowest BCUT2D eigenvalue weighted by molar-refractivity contribution is -0.688. The molecule has 0 bridgehead atoms. The first-order chi connectivity index (χ1) is 36.1. The molecule has 0 unspecified atom stereocenters. The van der Waals surface area contributed by atoms with Crippen LogP contribution in [0.2, 0.25) is 0 Å². The van der Waals surface area contributed by atoms with Gasteiger partial charge in [0.05, 0.1) is 50.9 Å². The van der Waals surface area contributed by atoms with Crippen molar-refractivity contribution in [2.24, 2.45) is 0 Å². The number of carbonyl (C=O) groups excluding carboxylic acids is 1. The fraction of sp³-hybridized carbons (Fsp3) is 0.192. The molecule has 0 amide bonds. The minimum absolute atomic E-state index is 0.117. The van der Waals surface area contributed by atoms with Crippen LogP contribution in [0.25, 0.3) is 10.8 Å². The number of ketones is 1. The molecule has 7 aromatic rings. The Balaban J connectivity index is 0.000000378. The summed E-state index contributed by atoms with van der Waals surface area (Å²) >= 11 is 0. The lowest BCUT2D eigenvalue weighted by atomic mass is 9.12. The molecule has 0 fully saturated rings. The van der Waals surface area contributed by atoms with Gasteiger partial charge in [0.15, 0.2) is 11.9 Å². The average molecular weight is 1150 g/mol. The lowest BCUT2D eigenvalue weighted by Gasteiger charge is -2.46. The second-order valence-electron chi connectivity index (χ2n) is 17.5. The molecule has 1 heterocycles. The van der Waals surface area contributed by atoms with Crippen LogP contribution in [-0.4, -0.2) is 11.9 Å². The highest BCUT2D eigenvalue weighted by Gasteiger charge is 2.47. The molecule has 0 radical (unpaired) electrons. The molecule has 0 aliphatic carbocycles.